The summed E-state index contributed by atoms with van der Waals surface area (Å²) in [6.07, 6.45) is 11.2. The maximum atomic E-state index is 3.85. The average Bonchev–Trinajstić information content (AvgIpc) is 2.61. The first-order chi connectivity index (χ1) is 8.15. The lowest BCUT2D eigenvalue weighted by atomic mass is 9.97. The molecule has 0 saturated heterocycles. The quantitative estimate of drug-likeness (QED) is 0.602. The first-order valence-corrected chi connectivity index (χ1v) is 7.91. The molecule has 0 aliphatic heterocycles. The SMILES string of the molecule is CCCCCCCC(C)NC1CCC(C)C1C. The van der Waals surface area contributed by atoms with Gasteiger partial charge in [0.15, 0.2) is 0 Å². The Labute approximate surface area is 109 Å². The first kappa shape index (κ1) is 15.0. The molecule has 0 spiro atoms. The van der Waals surface area contributed by atoms with Gasteiger partial charge in [-0.3, -0.25) is 0 Å². The molecule has 17 heavy (non-hydrogen) atoms. The van der Waals surface area contributed by atoms with Crippen LogP contribution in [0, 0.1) is 11.8 Å². The second-order valence-electron chi connectivity index (χ2n) is 6.29. The summed E-state index contributed by atoms with van der Waals surface area (Å²) in [6, 6.07) is 1.50. The Kier molecular flexibility index (Phi) is 7.18. The Balaban J connectivity index is 2.06. The summed E-state index contributed by atoms with van der Waals surface area (Å²) >= 11 is 0. The summed E-state index contributed by atoms with van der Waals surface area (Å²) in [5.74, 6) is 1.79. The van der Waals surface area contributed by atoms with E-state index in [1.54, 1.807) is 0 Å². The Morgan fingerprint density at radius 1 is 1.06 bits per heavy atom. The highest BCUT2D eigenvalue weighted by atomic mass is 15.0. The second-order valence-corrected chi connectivity index (χ2v) is 6.29. The van der Waals surface area contributed by atoms with Crippen molar-refractivity contribution in [2.45, 2.75) is 91.1 Å². The highest BCUT2D eigenvalue weighted by molar-refractivity contribution is 4.86. The highest BCUT2D eigenvalue weighted by Crippen LogP contribution is 2.31. The van der Waals surface area contributed by atoms with Crippen LogP contribution in [0.1, 0.15) is 79.1 Å². The topological polar surface area (TPSA) is 12.0 Å². The summed E-state index contributed by atoms with van der Waals surface area (Å²) in [5, 5.41) is 3.85. The predicted octanol–water partition coefficient (Wildman–Crippen LogP) is 4.76. The van der Waals surface area contributed by atoms with Crippen molar-refractivity contribution in [3.63, 3.8) is 0 Å². The van der Waals surface area contributed by atoms with E-state index in [2.05, 4.69) is 33.0 Å². The molecule has 102 valence electrons. The summed E-state index contributed by atoms with van der Waals surface area (Å²) < 4.78 is 0. The lowest BCUT2D eigenvalue weighted by molar-refractivity contribution is 0.333. The minimum atomic E-state index is 0.717. The smallest absolute Gasteiger partial charge is 0.00978 e. The van der Waals surface area contributed by atoms with Crippen LogP contribution in [-0.2, 0) is 0 Å². The maximum absolute atomic E-state index is 3.85. The minimum Gasteiger partial charge on any atom is -0.311 e. The second kappa shape index (κ2) is 8.13. The predicted molar refractivity (Wildman–Crippen MR) is 77.3 cm³/mol. The molecule has 1 aliphatic rings. The van der Waals surface area contributed by atoms with Gasteiger partial charge in [0.1, 0.15) is 0 Å². The van der Waals surface area contributed by atoms with E-state index in [1.165, 1.54) is 51.4 Å². The summed E-state index contributed by atoms with van der Waals surface area (Å²) in [5.41, 5.74) is 0. The molecule has 1 rings (SSSR count). The van der Waals surface area contributed by atoms with Gasteiger partial charge >= 0.3 is 0 Å². The number of nitrogens with one attached hydrogen (secondary N) is 1. The van der Waals surface area contributed by atoms with Gasteiger partial charge in [-0.15, -0.1) is 0 Å². The molecule has 1 aliphatic carbocycles. The average molecular weight is 239 g/mol. The monoisotopic (exact) mass is 239 g/mol. The van der Waals surface area contributed by atoms with Gasteiger partial charge in [-0.2, -0.15) is 0 Å². The van der Waals surface area contributed by atoms with Gasteiger partial charge in [0.05, 0.1) is 0 Å². The number of rotatable bonds is 8. The van der Waals surface area contributed by atoms with Crippen molar-refractivity contribution in [3.05, 3.63) is 0 Å². The van der Waals surface area contributed by atoms with E-state index in [9.17, 15) is 0 Å². The van der Waals surface area contributed by atoms with Crippen LogP contribution < -0.4 is 5.32 Å². The molecule has 1 heteroatoms. The molecule has 4 unspecified atom stereocenters. The molecule has 0 bridgehead atoms. The van der Waals surface area contributed by atoms with Gasteiger partial charge < -0.3 is 5.32 Å². The van der Waals surface area contributed by atoms with Crippen LogP contribution in [0.15, 0.2) is 0 Å². The van der Waals surface area contributed by atoms with Crippen LogP contribution >= 0.6 is 0 Å². The Morgan fingerprint density at radius 3 is 2.35 bits per heavy atom. The third-order valence-corrected chi connectivity index (χ3v) is 4.70. The lowest BCUT2D eigenvalue weighted by Crippen LogP contribution is -2.38. The van der Waals surface area contributed by atoms with Crippen molar-refractivity contribution in [2.24, 2.45) is 11.8 Å². The van der Waals surface area contributed by atoms with Crippen LogP contribution in [0.5, 0.6) is 0 Å². The van der Waals surface area contributed by atoms with E-state index in [1.807, 2.05) is 0 Å². The molecule has 0 heterocycles. The fourth-order valence-corrected chi connectivity index (χ4v) is 3.10. The van der Waals surface area contributed by atoms with Crippen molar-refractivity contribution in [1.82, 2.24) is 5.32 Å². The van der Waals surface area contributed by atoms with E-state index >= 15 is 0 Å². The van der Waals surface area contributed by atoms with Crippen molar-refractivity contribution in [3.8, 4) is 0 Å². The maximum Gasteiger partial charge on any atom is 0.00978 e. The first-order valence-electron chi connectivity index (χ1n) is 7.91. The zero-order chi connectivity index (χ0) is 12.7. The number of hydrogen-bond acceptors (Lipinski definition) is 1. The standard InChI is InChI=1S/C16H33N/c1-5-6-7-8-9-10-14(3)17-16-12-11-13(2)15(16)4/h13-17H,5-12H2,1-4H3. The fourth-order valence-electron chi connectivity index (χ4n) is 3.10. The molecule has 1 N–H and O–H groups in total. The van der Waals surface area contributed by atoms with Gasteiger partial charge in [-0.25, -0.2) is 0 Å². The summed E-state index contributed by atoms with van der Waals surface area (Å²) in [6.45, 7) is 9.48. The van der Waals surface area contributed by atoms with Gasteiger partial charge in [0, 0.05) is 12.1 Å². The Morgan fingerprint density at radius 2 is 1.76 bits per heavy atom. The molecule has 1 saturated carbocycles. The normalized spacial score (nSPS) is 30.7. The van der Waals surface area contributed by atoms with Crippen LogP contribution in [0.25, 0.3) is 0 Å². The van der Waals surface area contributed by atoms with E-state index in [0.717, 1.165) is 23.9 Å². The van der Waals surface area contributed by atoms with E-state index in [4.69, 9.17) is 0 Å². The van der Waals surface area contributed by atoms with E-state index in [0.29, 0.717) is 0 Å². The molecular weight excluding hydrogens is 206 g/mol. The minimum absolute atomic E-state index is 0.717. The molecular formula is C16H33N. The summed E-state index contributed by atoms with van der Waals surface area (Å²) in [4.78, 5) is 0. The molecule has 0 amide bonds. The van der Waals surface area contributed by atoms with Gasteiger partial charge in [-0.05, 0) is 38.0 Å². The van der Waals surface area contributed by atoms with Gasteiger partial charge in [-0.1, -0.05) is 52.9 Å². The van der Waals surface area contributed by atoms with E-state index in [-0.39, 0.29) is 0 Å². The van der Waals surface area contributed by atoms with Crippen LogP contribution in [-0.4, -0.2) is 12.1 Å². The third kappa shape index (κ3) is 5.42. The Bertz CT molecular complexity index is 190. The van der Waals surface area contributed by atoms with Crippen molar-refractivity contribution < 1.29 is 0 Å². The van der Waals surface area contributed by atoms with Crippen molar-refractivity contribution in [1.29, 1.82) is 0 Å². The van der Waals surface area contributed by atoms with Crippen molar-refractivity contribution >= 4 is 0 Å². The van der Waals surface area contributed by atoms with Gasteiger partial charge in [0.2, 0.25) is 0 Å². The van der Waals surface area contributed by atoms with Crippen LogP contribution in [0.2, 0.25) is 0 Å². The number of unbranched alkanes of at least 4 members (excludes halogenated alkanes) is 4. The molecule has 0 aromatic carbocycles. The van der Waals surface area contributed by atoms with Gasteiger partial charge in [0.25, 0.3) is 0 Å². The molecule has 0 aromatic rings. The molecule has 0 aromatic heterocycles. The van der Waals surface area contributed by atoms with E-state index < -0.39 is 0 Å². The molecule has 1 fully saturated rings. The van der Waals surface area contributed by atoms with Crippen LogP contribution in [0.3, 0.4) is 0 Å². The summed E-state index contributed by atoms with van der Waals surface area (Å²) in [7, 11) is 0. The van der Waals surface area contributed by atoms with Crippen molar-refractivity contribution in [2.75, 3.05) is 0 Å². The lowest BCUT2D eigenvalue weighted by Gasteiger charge is -2.24. The number of hydrogen-bond donors (Lipinski definition) is 1. The fraction of sp³-hybridized carbons (Fsp3) is 1.00. The van der Waals surface area contributed by atoms with Crippen LogP contribution in [0.4, 0.5) is 0 Å². The largest absolute Gasteiger partial charge is 0.311 e. The molecule has 4 atom stereocenters. The Hall–Kier alpha value is -0.0400. The molecule has 1 nitrogen and oxygen atoms in total. The molecule has 0 radical (unpaired) electrons. The third-order valence-electron chi connectivity index (χ3n) is 4.70. The zero-order valence-corrected chi connectivity index (χ0v) is 12.5. The highest BCUT2D eigenvalue weighted by Gasteiger charge is 2.29. The zero-order valence-electron chi connectivity index (χ0n) is 12.5.